The summed E-state index contributed by atoms with van der Waals surface area (Å²) in [5, 5.41) is 4.59. The van der Waals surface area contributed by atoms with Gasteiger partial charge in [-0.1, -0.05) is 12.2 Å². The van der Waals surface area contributed by atoms with E-state index in [1.807, 2.05) is 12.2 Å². The highest BCUT2D eigenvalue weighted by molar-refractivity contribution is 7.14. The minimum Gasteiger partial charge on any atom is -0.465 e. The van der Waals surface area contributed by atoms with Crippen LogP contribution >= 0.6 is 11.3 Å². The van der Waals surface area contributed by atoms with Crippen LogP contribution in [0.3, 0.4) is 0 Å². The van der Waals surface area contributed by atoms with Gasteiger partial charge in [-0.3, -0.25) is 19.3 Å². The Morgan fingerprint density at radius 1 is 1.24 bits per heavy atom. The third kappa shape index (κ3) is 2.39. The highest BCUT2D eigenvalue weighted by atomic mass is 32.1. The molecule has 0 aromatic carbocycles. The van der Waals surface area contributed by atoms with Crippen molar-refractivity contribution in [3.8, 4) is 0 Å². The van der Waals surface area contributed by atoms with Gasteiger partial charge in [-0.2, -0.15) is 0 Å². The summed E-state index contributed by atoms with van der Waals surface area (Å²) in [4.78, 5) is 50.1. The van der Waals surface area contributed by atoms with E-state index in [1.165, 1.54) is 18.4 Å². The van der Waals surface area contributed by atoms with E-state index in [2.05, 4.69) is 10.1 Å². The Morgan fingerprint density at radius 2 is 1.88 bits per heavy atom. The van der Waals surface area contributed by atoms with Crippen LogP contribution in [0.2, 0.25) is 0 Å². The Labute approximate surface area is 147 Å². The molecule has 1 N–H and O–H groups in total. The first-order valence-corrected chi connectivity index (χ1v) is 8.88. The number of amides is 3. The van der Waals surface area contributed by atoms with E-state index >= 15 is 0 Å². The zero-order chi connectivity index (χ0) is 17.7. The molecule has 4 unspecified atom stereocenters. The van der Waals surface area contributed by atoms with Crippen LogP contribution in [0.1, 0.15) is 16.8 Å². The number of ether oxygens (including phenoxy) is 1. The largest absolute Gasteiger partial charge is 0.465 e. The summed E-state index contributed by atoms with van der Waals surface area (Å²) in [5.41, 5.74) is 0.249. The van der Waals surface area contributed by atoms with Gasteiger partial charge in [0.05, 0.1) is 24.5 Å². The Kier molecular flexibility index (Phi) is 3.72. The Morgan fingerprint density at radius 3 is 2.48 bits per heavy atom. The molecule has 2 heterocycles. The molecule has 3 amide bonds. The molecule has 0 spiro atoms. The SMILES string of the molecule is COC(=O)c1ccsc1NC(=O)CN1C(=O)C2C3C=CC(C3)C2C1=O. The molecule has 8 heteroatoms. The Bertz CT molecular complexity index is 784. The van der Waals surface area contributed by atoms with Crippen molar-refractivity contribution in [2.24, 2.45) is 23.7 Å². The quantitative estimate of drug-likeness (QED) is 0.496. The number of nitrogens with zero attached hydrogens (tertiary/aromatic N) is 1. The number of carbonyl (C=O) groups excluding carboxylic acids is 4. The number of allylic oxidation sites excluding steroid dienone is 2. The van der Waals surface area contributed by atoms with Crippen LogP contribution in [-0.4, -0.2) is 42.2 Å². The van der Waals surface area contributed by atoms with Gasteiger partial charge in [-0.25, -0.2) is 4.79 Å². The molecule has 1 aromatic rings. The third-order valence-corrected chi connectivity index (χ3v) is 6.02. The lowest BCUT2D eigenvalue weighted by molar-refractivity contribution is -0.143. The van der Waals surface area contributed by atoms with E-state index in [0.29, 0.717) is 5.00 Å². The van der Waals surface area contributed by atoms with Crippen LogP contribution < -0.4 is 5.32 Å². The number of esters is 1. The average molecular weight is 360 g/mol. The number of fused-ring (bicyclic) bond motifs is 5. The first kappa shape index (κ1) is 16.0. The average Bonchev–Trinajstić information content (AvgIpc) is 3.35. The summed E-state index contributed by atoms with van der Waals surface area (Å²) in [6.07, 6.45) is 4.87. The number of nitrogens with one attached hydrogen (secondary N) is 1. The van der Waals surface area contributed by atoms with E-state index in [4.69, 9.17) is 0 Å². The van der Waals surface area contributed by atoms with E-state index in [1.54, 1.807) is 11.4 Å². The van der Waals surface area contributed by atoms with Crippen molar-refractivity contribution in [2.45, 2.75) is 6.42 Å². The van der Waals surface area contributed by atoms with Crippen LogP contribution in [0.5, 0.6) is 0 Å². The number of anilines is 1. The number of imide groups is 1. The monoisotopic (exact) mass is 360 g/mol. The molecule has 2 aliphatic carbocycles. The van der Waals surface area contributed by atoms with Gasteiger partial charge in [0.1, 0.15) is 11.5 Å². The maximum atomic E-state index is 12.6. The van der Waals surface area contributed by atoms with Gasteiger partial charge in [-0.15, -0.1) is 11.3 Å². The highest BCUT2D eigenvalue weighted by Crippen LogP contribution is 2.52. The fraction of sp³-hybridized carbons (Fsp3) is 0.412. The van der Waals surface area contributed by atoms with E-state index in [0.717, 1.165) is 11.3 Å². The van der Waals surface area contributed by atoms with Crippen LogP contribution in [-0.2, 0) is 19.1 Å². The molecule has 2 bridgehead atoms. The second kappa shape index (κ2) is 5.80. The van der Waals surface area contributed by atoms with E-state index in [9.17, 15) is 19.2 Å². The first-order valence-electron chi connectivity index (χ1n) is 8.00. The van der Waals surface area contributed by atoms with Gasteiger partial charge in [0, 0.05) is 0 Å². The molecule has 1 aliphatic heterocycles. The summed E-state index contributed by atoms with van der Waals surface area (Å²) in [6.45, 7) is -0.331. The van der Waals surface area contributed by atoms with Crippen LogP contribution in [0, 0.1) is 23.7 Å². The van der Waals surface area contributed by atoms with Gasteiger partial charge >= 0.3 is 5.97 Å². The summed E-state index contributed by atoms with van der Waals surface area (Å²) >= 11 is 1.18. The van der Waals surface area contributed by atoms with Crippen molar-refractivity contribution in [3.63, 3.8) is 0 Å². The summed E-state index contributed by atoms with van der Waals surface area (Å²) in [6, 6.07) is 1.55. The van der Waals surface area contributed by atoms with Crippen LogP contribution in [0.15, 0.2) is 23.6 Å². The zero-order valence-corrected chi connectivity index (χ0v) is 14.2. The predicted molar refractivity (Wildman–Crippen MR) is 88.7 cm³/mol. The third-order valence-electron chi connectivity index (χ3n) is 5.19. The van der Waals surface area contributed by atoms with Crippen molar-refractivity contribution in [3.05, 3.63) is 29.2 Å². The topological polar surface area (TPSA) is 92.8 Å². The van der Waals surface area contributed by atoms with Gasteiger partial charge in [0.25, 0.3) is 0 Å². The van der Waals surface area contributed by atoms with Gasteiger partial charge in [0.15, 0.2) is 0 Å². The first-order chi connectivity index (χ1) is 12.0. The minimum absolute atomic E-state index is 0.114. The maximum absolute atomic E-state index is 12.6. The molecule has 0 radical (unpaired) electrons. The number of thiophene rings is 1. The molecule has 2 fully saturated rings. The lowest BCUT2D eigenvalue weighted by atomic mass is 9.85. The minimum atomic E-state index is -0.554. The van der Waals surface area contributed by atoms with E-state index in [-0.39, 0.29) is 47.6 Å². The van der Waals surface area contributed by atoms with Crippen molar-refractivity contribution in [2.75, 3.05) is 19.0 Å². The van der Waals surface area contributed by atoms with Crippen molar-refractivity contribution >= 4 is 40.0 Å². The lowest BCUT2D eigenvalue weighted by Crippen LogP contribution is -2.39. The molecule has 130 valence electrons. The Balaban J connectivity index is 1.46. The molecule has 25 heavy (non-hydrogen) atoms. The highest BCUT2D eigenvalue weighted by Gasteiger charge is 2.59. The van der Waals surface area contributed by atoms with Crippen molar-refractivity contribution in [1.82, 2.24) is 4.90 Å². The number of rotatable bonds is 4. The van der Waals surface area contributed by atoms with Crippen molar-refractivity contribution in [1.29, 1.82) is 0 Å². The lowest BCUT2D eigenvalue weighted by Gasteiger charge is -2.16. The van der Waals surface area contributed by atoms with Crippen molar-refractivity contribution < 1.29 is 23.9 Å². The molecule has 7 nitrogen and oxygen atoms in total. The number of carbonyl (C=O) groups is 4. The molecular weight excluding hydrogens is 344 g/mol. The maximum Gasteiger partial charge on any atom is 0.340 e. The second-order valence-corrected chi connectivity index (χ2v) is 7.38. The van der Waals surface area contributed by atoms with E-state index < -0.39 is 11.9 Å². The molecular formula is C17H16N2O5S. The second-order valence-electron chi connectivity index (χ2n) is 6.47. The fourth-order valence-electron chi connectivity index (χ4n) is 4.11. The Hall–Kier alpha value is -2.48. The number of hydrogen-bond acceptors (Lipinski definition) is 6. The van der Waals surface area contributed by atoms with Gasteiger partial charge in [-0.05, 0) is 29.7 Å². The number of methoxy groups -OCH3 is 1. The smallest absolute Gasteiger partial charge is 0.340 e. The molecule has 4 atom stereocenters. The molecule has 3 aliphatic rings. The van der Waals surface area contributed by atoms with Gasteiger partial charge in [0.2, 0.25) is 17.7 Å². The summed E-state index contributed by atoms with van der Waals surface area (Å²) in [5.74, 6) is -1.99. The normalized spacial score (nSPS) is 29.2. The molecule has 4 rings (SSSR count). The predicted octanol–water partition coefficient (Wildman–Crippen LogP) is 1.28. The van der Waals surface area contributed by atoms with Crippen LogP contribution in [0.4, 0.5) is 5.00 Å². The summed E-state index contributed by atoms with van der Waals surface area (Å²) < 4.78 is 4.66. The number of likely N-dealkylation sites (tertiary alicyclic amines) is 1. The van der Waals surface area contributed by atoms with Gasteiger partial charge < -0.3 is 10.1 Å². The summed E-state index contributed by atoms with van der Waals surface area (Å²) in [7, 11) is 1.26. The van der Waals surface area contributed by atoms with Crippen LogP contribution in [0.25, 0.3) is 0 Å². The number of hydrogen-bond donors (Lipinski definition) is 1. The molecule has 1 saturated carbocycles. The zero-order valence-electron chi connectivity index (χ0n) is 13.4. The standard InChI is InChI=1S/C17H16N2O5S/c1-24-17(23)10-4-5-25-14(10)18-11(20)7-19-15(21)12-8-2-3-9(6-8)13(12)16(19)22/h2-5,8-9,12-13H,6-7H2,1H3,(H,18,20). The molecule has 1 aromatic heterocycles. The fourth-order valence-corrected chi connectivity index (χ4v) is 4.90. The molecule has 1 saturated heterocycles.